The van der Waals surface area contributed by atoms with E-state index in [1.165, 1.54) is 12.8 Å². The molecule has 0 aliphatic heterocycles. The van der Waals surface area contributed by atoms with Gasteiger partial charge in [0.2, 0.25) is 0 Å². The van der Waals surface area contributed by atoms with Crippen LogP contribution in [0.5, 0.6) is 0 Å². The Kier molecular flexibility index (Phi) is 20.4. The van der Waals surface area contributed by atoms with Gasteiger partial charge < -0.3 is 4.90 Å². The SMILES string of the molecule is CCCN(C=NC)CCC.Cl.Cl. The number of aliphatic imine (C=N–C) groups is 1. The van der Waals surface area contributed by atoms with E-state index in [4.69, 9.17) is 0 Å². The van der Waals surface area contributed by atoms with Crippen LogP contribution < -0.4 is 0 Å². The molecule has 0 aromatic heterocycles. The summed E-state index contributed by atoms with van der Waals surface area (Å²) in [5.74, 6) is 0. The molecule has 0 rings (SSSR count). The van der Waals surface area contributed by atoms with Crippen molar-refractivity contribution in [1.82, 2.24) is 4.90 Å². The van der Waals surface area contributed by atoms with Gasteiger partial charge in [-0.15, -0.1) is 24.8 Å². The van der Waals surface area contributed by atoms with Crippen molar-refractivity contribution in [3.05, 3.63) is 0 Å². The van der Waals surface area contributed by atoms with Gasteiger partial charge in [0.05, 0.1) is 6.34 Å². The highest BCUT2D eigenvalue weighted by Crippen LogP contribution is 1.89. The molecule has 0 amide bonds. The van der Waals surface area contributed by atoms with Crippen molar-refractivity contribution in [2.75, 3.05) is 20.1 Å². The van der Waals surface area contributed by atoms with E-state index in [9.17, 15) is 0 Å². The van der Waals surface area contributed by atoms with Crippen molar-refractivity contribution >= 4 is 31.2 Å². The molecule has 76 valence electrons. The Hall–Kier alpha value is 0.0500. The Balaban J connectivity index is -0.000000405. The third kappa shape index (κ3) is 10.0. The molecule has 0 aromatic rings. The molecule has 0 saturated heterocycles. The fourth-order valence-corrected chi connectivity index (χ4v) is 0.965. The lowest BCUT2D eigenvalue weighted by Gasteiger charge is -2.16. The largest absolute Gasteiger partial charge is 0.363 e. The average Bonchev–Trinajstić information content (AvgIpc) is 1.90. The van der Waals surface area contributed by atoms with Crippen LogP contribution in [-0.2, 0) is 0 Å². The molecule has 0 radical (unpaired) electrons. The Labute approximate surface area is 88.3 Å². The van der Waals surface area contributed by atoms with E-state index in [1.54, 1.807) is 0 Å². The van der Waals surface area contributed by atoms with E-state index >= 15 is 0 Å². The van der Waals surface area contributed by atoms with E-state index in [1.807, 2.05) is 13.4 Å². The summed E-state index contributed by atoms with van der Waals surface area (Å²) < 4.78 is 0. The van der Waals surface area contributed by atoms with Crippen molar-refractivity contribution in [3.8, 4) is 0 Å². The number of hydrogen-bond donors (Lipinski definition) is 0. The molecule has 0 atom stereocenters. The van der Waals surface area contributed by atoms with Gasteiger partial charge in [-0.25, -0.2) is 0 Å². The Bertz CT molecular complexity index is 91.1. The third-order valence-corrected chi connectivity index (χ3v) is 1.30. The quantitative estimate of drug-likeness (QED) is 0.508. The molecule has 0 spiro atoms. The number of halogens is 2. The van der Waals surface area contributed by atoms with Gasteiger partial charge in [0.1, 0.15) is 0 Å². The maximum absolute atomic E-state index is 3.97. The molecule has 0 bridgehead atoms. The van der Waals surface area contributed by atoms with Gasteiger partial charge in [-0.2, -0.15) is 0 Å². The number of rotatable bonds is 5. The summed E-state index contributed by atoms with van der Waals surface area (Å²) in [6.07, 6.45) is 4.32. The number of nitrogens with zero attached hydrogens (tertiary/aromatic N) is 2. The highest BCUT2D eigenvalue weighted by molar-refractivity contribution is 5.85. The normalized spacial score (nSPS) is 8.92. The molecule has 0 N–H and O–H groups in total. The third-order valence-electron chi connectivity index (χ3n) is 1.30. The zero-order chi connectivity index (χ0) is 7.82. The zero-order valence-corrected chi connectivity index (χ0v) is 9.75. The van der Waals surface area contributed by atoms with Crippen molar-refractivity contribution < 1.29 is 0 Å². The van der Waals surface area contributed by atoms with Crippen LogP contribution in [-0.4, -0.2) is 31.4 Å². The van der Waals surface area contributed by atoms with Gasteiger partial charge in [0.25, 0.3) is 0 Å². The Morgan fingerprint density at radius 1 is 1.08 bits per heavy atom. The molecule has 0 aliphatic carbocycles. The first-order valence-corrected chi connectivity index (χ1v) is 4.01. The lowest BCUT2D eigenvalue weighted by Crippen LogP contribution is -2.23. The van der Waals surface area contributed by atoms with E-state index in [2.05, 4.69) is 23.7 Å². The highest BCUT2D eigenvalue weighted by atomic mass is 35.5. The van der Waals surface area contributed by atoms with Gasteiger partial charge in [0.15, 0.2) is 0 Å². The van der Waals surface area contributed by atoms with Crippen LogP contribution in [0.4, 0.5) is 0 Å². The molecule has 0 saturated carbocycles. The van der Waals surface area contributed by atoms with Gasteiger partial charge in [-0.05, 0) is 12.8 Å². The van der Waals surface area contributed by atoms with Gasteiger partial charge >= 0.3 is 0 Å². The van der Waals surface area contributed by atoms with Crippen molar-refractivity contribution in [2.45, 2.75) is 26.7 Å². The van der Waals surface area contributed by atoms with Crippen LogP contribution in [0.1, 0.15) is 26.7 Å². The average molecular weight is 215 g/mol. The van der Waals surface area contributed by atoms with Crippen LogP contribution >= 0.6 is 24.8 Å². The standard InChI is InChI=1S/C8H18N2.2ClH/c1-4-6-10(7-5-2)8-9-3;;/h8H,4-7H2,1-3H3;2*1H. The Morgan fingerprint density at radius 2 is 1.50 bits per heavy atom. The lowest BCUT2D eigenvalue weighted by molar-refractivity contribution is 0.428. The topological polar surface area (TPSA) is 15.6 Å². The van der Waals surface area contributed by atoms with E-state index in [0.717, 1.165) is 13.1 Å². The predicted molar refractivity (Wildman–Crippen MR) is 61.1 cm³/mol. The van der Waals surface area contributed by atoms with E-state index < -0.39 is 0 Å². The summed E-state index contributed by atoms with van der Waals surface area (Å²) in [5, 5.41) is 0. The molecule has 0 unspecified atom stereocenters. The minimum absolute atomic E-state index is 0. The molecule has 0 heterocycles. The molecule has 4 heteroatoms. The minimum atomic E-state index is 0. The molecule has 2 nitrogen and oxygen atoms in total. The zero-order valence-electron chi connectivity index (χ0n) is 8.12. The maximum Gasteiger partial charge on any atom is 0.0846 e. The first-order valence-electron chi connectivity index (χ1n) is 4.01. The van der Waals surface area contributed by atoms with Crippen LogP contribution in [0.25, 0.3) is 0 Å². The minimum Gasteiger partial charge on any atom is -0.363 e. The van der Waals surface area contributed by atoms with Crippen molar-refractivity contribution in [1.29, 1.82) is 0 Å². The molecule has 0 fully saturated rings. The summed E-state index contributed by atoms with van der Waals surface area (Å²) >= 11 is 0. The van der Waals surface area contributed by atoms with Gasteiger partial charge in [0, 0.05) is 20.1 Å². The summed E-state index contributed by atoms with van der Waals surface area (Å²) in [6, 6.07) is 0. The number of hydrogen-bond acceptors (Lipinski definition) is 1. The fourth-order valence-electron chi connectivity index (χ4n) is 0.965. The van der Waals surface area contributed by atoms with E-state index in [0.29, 0.717) is 0 Å². The van der Waals surface area contributed by atoms with Crippen LogP contribution in [0.3, 0.4) is 0 Å². The second kappa shape index (κ2) is 13.6. The monoisotopic (exact) mass is 214 g/mol. The molecule has 0 aliphatic rings. The maximum atomic E-state index is 3.97. The predicted octanol–water partition coefficient (Wildman–Crippen LogP) is 2.61. The first kappa shape index (κ1) is 18.0. The van der Waals surface area contributed by atoms with Crippen molar-refractivity contribution in [2.24, 2.45) is 4.99 Å². The Morgan fingerprint density at radius 3 is 1.75 bits per heavy atom. The van der Waals surface area contributed by atoms with Crippen LogP contribution in [0.15, 0.2) is 4.99 Å². The second-order valence-electron chi connectivity index (χ2n) is 2.41. The summed E-state index contributed by atoms with van der Waals surface area (Å²) in [5.41, 5.74) is 0. The summed E-state index contributed by atoms with van der Waals surface area (Å²) in [4.78, 5) is 6.22. The molecule has 0 aromatic carbocycles. The van der Waals surface area contributed by atoms with E-state index in [-0.39, 0.29) is 24.8 Å². The summed E-state index contributed by atoms with van der Waals surface area (Å²) in [6.45, 7) is 6.63. The van der Waals surface area contributed by atoms with Crippen LogP contribution in [0, 0.1) is 0 Å². The van der Waals surface area contributed by atoms with Gasteiger partial charge in [-0.3, -0.25) is 4.99 Å². The highest BCUT2D eigenvalue weighted by Gasteiger charge is 1.93. The molecular formula is C8H20Cl2N2. The second-order valence-corrected chi connectivity index (χ2v) is 2.41. The first-order chi connectivity index (χ1) is 4.85. The molecule has 12 heavy (non-hydrogen) atoms. The fraction of sp³-hybridized carbons (Fsp3) is 0.875. The lowest BCUT2D eigenvalue weighted by atomic mass is 10.4. The molecular weight excluding hydrogens is 195 g/mol. The summed E-state index contributed by atoms with van der Waals surface area (Å²) in [7, 11) is 1.82. The smallest absolute Gasteiger partial charge is 0.0846 e. The van der Waals surface area contributed by atoms with Gasteiger partial charge in [-0.1, -0.05) is 13.8 Å². The van der Waals surface area contributed by atoms with Crippen molar-refractivity contribution in [3.63, 3.8) is 0 Å². The van der Waals surface area contributed by atoms with Crippen LogP contribution in [0.2, 0.25) is 0 Å².